The number of benzene rings is 1. The second kappa shape index (κ2) is 5.11. The first-order valence-corrected chi connectivity index (χ1v) is 7.13. The number of rotatable bonds is 2. The van der Waals surface area contributed by atoms with E-state index in [0.29, 0.717) is 31.7 Å². The number of carbonyl (C=O) groups is 2. The van der Waals surface area contributed by atoms with Crippen LogP contribution in [0.25, 0.3) is 0 Å². The molecular formula is C15H18FN3O2. The molecule has 1 aliphatic carbocycles. The summed E-state index contributed by atoms with van der Waals surface area (Å²) in [6.07, 6.45) is 1.49. The van der Waals surface area contributed by atoms with Gasteiger partial charge in [-0.1, -0.05) is 6.07 Å². The van der Waals surface area contributed by atoms with E-state index in [1.807, 2.05) is 0 Å². The zero-order valence-electron chi connectivity index (χ0n) is 11.7. The zero-order valence-corrected chi connectivity index (χ0v) is 11.7. The van der Waals surface area contributed by atoms with Gasteiger partial charge in [-0.25, -0.2) is 4.39 Å². The molecule has 1 saturated heterocycles. The second-order valence-electron chi connectivity index (χ2n) is 5.75. The number of amides is 2. The molecule has 0 atom stereocenters. The summed E-state index contributed by atoms with van der Waals surface area (Å²) in [6.45, 7) is 1.88. The average molecular weight is 291 g/mol. The number of hydrogen-bond donors (Lipinski definition) is 1. The lowest BCUT2D eigenvalue weighted by Gasteiger charge is -2.36. The summed E-state index contributed by atoms with van der Waals surface area (Å²) in [4.78, 5) is 27.8. The molecule has 1 aromatic rings. The van der Waals surface area contributed by atoms with Crippen LogP contribution in [0.5, 0.6) is 0 Å². The first-order chi connectivity index (χ1) is 9.99. The number of hydrogen-bond acceptors (Lipinski definition) is 3. The van der Waals surface area contributed by atoms with Crippen molar-refractivity contribution in [2.75, 3.05) is 26.2 Å². The Morgan fingerprint density at radius 2 is 1.71 bits per heavy atom. The summed E-state index contributed by atoms with van der Waals surface area (Å²) in [5.41, 5.74) is 5.59. The third-order valence-corrected chi connectivity index (χ3v) is 4.14. The number of carbonyl (C=O) groups excluding carboxylic acids is 2. The number of piperazine rings is 1. The molecule has 112 valence electrons. The number of nitrogens with two attached hydrogens (primary N) is 1. The first-order valence-electron chi connectivity index (χ1n) is 7.13. The highest BCUT2D eigenvalue weighted by molar-refractivity contribution is 5.94. The number of halogens is 1. The molecule has 0 bridgehead atoms. The quantitative estimate of drug-likeness (QED) is 0.868. The van der Waals surface area contributed by atoms with Gasteiger partial charge in [0, 0.05) is 31.7 Å². The lowest BCUT2D eigenvalue weighted by Crippen LogP contribution is -2.55. The maximum Gasteiger partial charge on any atom is 0.254 e. The SMILES string of the molecule is NC1(C(=O)N2CCN(C(=O)c3cccc(F)c3)CC2)CC1. The molecule has 1 aromatic carbocycles. The summed E-state index contributed by atoms with van der Waals surface area (Å²) in [6, 6.07) is 5.66. The van der Waals surface area contributed by atoms with Gasteiger partial charge in [-0.05, 0) is 31.0 Å². The maximum absolute atomic E-state index is 13.2. The van der Waals surface area contributed by atoms with Crippen molar-refractivity contribution in [3.63, 3.8) is 0 Å². The summed E-state index contributed by atoms with van der Waals surface area (Å²) >= 11 is 0. The van der Waals surface area contributed by atoms with E-state index in [2.05, 4.69) is 0 Å². The Morgan fingerprint density at radius 3 is 2.29 bits per heavy atom. The number of nitrogens with zero attached hydrogens (tertiary/aromatic N) is 2. The predicted octanol–water partition coefficient (Wildman–Crippen LogP) is 0.601. The van der Waals surface area contributed by atoms with Crippen molar-refractivity contribution in [2.45, 2.75) is 18.4 Å². The van der Waals surface area contributed by atoms with Crippen molar-refractivity contribution in [2.24, 2.45) is 5.73 Å². The van der Waals surface area contributed by atoms with Crippen molar-refractivity contribution < 1.29 is 14.0 Å². The van der Waals surface area contributed by atoms with Gasteiger partial charge >= 0.3 is 0 Å². The molecule has 0 radical (unpaired) electrons. The van der Waals surface area contributed by atoms with E-state index in [4.69, 9.17) is 5.73 Å². The van der Waals surface area contributed by atoms with Gasteiger partial charge < -0.3 is 15.5 Å². The lowest BCUT2D eigenvalue weighted by atomic mass is 10.1. The van der Waals surface area contributed by atoms with Gasteiger partial charge in [0.15, 0.2) is 0 Å². The molecular weight excluding hydrogens is 273 g/mol. The van der Waals surface area contributed by atoms with E-state index in [1.54, 1.807) is 15.9 Å². The molecule has 1 heterocycles. The third-order valence-electron chi connectivity index (χ3n) is 4.14. The Kier molecular flexibility index (Phi) is 3.41. The molecule has 2 aliphatic rings. The molecule has 1 saturated carbocycles. The molecule has 6 heteroatoms. The molecule has 1 aliphatic heterocycles. The summed E-state index contributed by atoms with van der Waals surface area (Å²) in [7, 11) is 0. The van der Waals surface area contributed by atoms with E-state index in [1.165, 1.54) is 18.2 Å². The van der Waals surface area contributed by atoms with E-state index in [0.717, 1.165) is 12.8 Å². The zero-order chi connectivity index (χ0) is 15.0. The fourth-order valence-electron chi connectivity index (χ4n) is 2.58. The Bertz CT molecular complexity index is 578. The smallest absolute Gasteiger partial charge is 0.254 e. The van der Waals surface area contributed by atoms with Crippen LogP contribution in [-0.2, 0) is 4.79 Å². The summed E-state index contributed by atoms with van der Waals surface area (Å²) in [5, 5.41) is 0. The van der Waals surface area contributed by atoms with Crippen LogP contribution in [0.15, 0.2) is 24.3 Å². The molecule has 3 rings (SSSR count). The Labute approximate surface area is 122 Å². The normalized spacial score (nSPS) is 20.3. The molecule has 2 N–H and O–H groups in total. The van der Waals surface area contributed by atoms with Crippen LogP contribution in [0.1, 0.15) is 23.2 Å². The van der Waals surface area contributed by atoms with Gasteiger partial charge in [-0.2, -0.15) is 0 Å². The highest BCUT2D eigenvalue weighted by Crippen LogP contribution is 2.34. The summed E-state index contributed by atoms with van der Waals surface area (Å²) < 4.78 is 13.2. The van der Waals surface area contributed by atoms with Crippen molar-refractivity contribution in [1.82, 2.24) is 9.80 Å². The molecule has 5 nitrogen and oxygen atoms in total. The predicted molar refractivity (Wildman–Crippen MR) is 75.0 cm³/mol. The van der Waals surface area contributed by atoms with E-state index >= 15 is 0 Å². The van der Waals surface area contributed by atoms with Gasteiger partial charge in [0.25, 0.3) is 5.91 Å². The van der Waals surface area contributed by atoms with Gasteiger partial charge in [0.2, 0.25) is 5.91 Å². The van der Waals surface area contributed by atoms with E-state index in [9.17, 15) is 14.0 Å². The summed E-state index contributed by atoms with van der Waals surface area (Å²) in [5.74, 6) is -0.635. The standard InChI is InChI=1S/C15H18FN3O2/c16-12-3-1-2-11(10-12)13(20)18-6-8-19(9-7-18)14(21)15(17)4-5-15/h1-3,10H,4-9,17H2. The van der Waals surface area contributed by atoms with Crippen molar-refractivity contribution in [1.29, 1.82) is 0 Å². The van der Waals surface area contributed by atoms with Crippen LogP contribution < -0.4 is 5.73 Å². The molecule has 0 spiro atoms. The second-order valence-corrected chi connectivity index (χ2v) is 5.75. The van der Waals surface area contributed by atoms with Crippen molar-refractivity contribution >= 4 is 11.8 Å². The Morgan fingerprint density at radius 1 is 1.10 bits per heavy atom. The molecule has 21 heavy (non-hydrogen) atoms. The van der Waals surface area contributed by atoms with Crippen LogP contribution in [0.4, 0.5) is 4.39 Å². The van der Waals surface area contributed by atoms with E-state index < -0.39 is 11.4 Å². The van der Waals surface area contributed by atoms with Crippen LogP contribution in [-0.4, -0.2) is 53.3 Å². The highest BCUT2D eigenvalue weighted by Gasteiger charge is 2.48. The van der Waals surface area contributed by atoms with Crippen LogP contribution in [0.3, 0.4) is 0 Å². The van der Waals surface area contributed by atoms with Crippen LogP contribution in [0.2, 0.25) is 0 Å². The highest BCUT2D eigenvalue weighted by atomic mass is 19.1. The monoisotopic (exact) mass is 291 g/mol. The minimum absolute atomic E-state index is 0.0136. The van der Waals surface area contributed by atoms with Crippen LogP contribution in [0, 0.1) is 5.82 Å². The molecule has 2 fully saturated rings. The maximum atomic E-state index is 13.2. The van der Waals surface area contributed by atoms with Gasteiger partial charge in [0.1, 0.15) is 5.82 Å². The minimum Gasteiger partial charge on any atom is -0.338 e. The van der Waals surface area contributed by atoms with Gasteiger partial charge in [0.05, 0.1) is 5.54 Å². The molecule has 2 amide bonds. The fraction of sp³-hybridized carbons (Fsp3) is 0.467. The first kappa shape index (κ1) is 14.0. The Hall–Kier alpha value is -1.95. The average Bonchev–Trinajstić information content (AvgIpc) is 3.25. The van der Waals surface area contributed by atoms with Gasteiger partial charge in [-0.3, -0.25) is 9.59 Å². The van der Waals surface area contributed by atoms with Crippen molar-refractivity contribution in [3.05, 3.63) is 35.6 Å². The molecule has 0 unspecified atom stereocenters. The third kappa shape index (κ3) is 2.76. The van der Waals surface area contributed by atoms with Crippen molar-refractivity contribution in [3.8, 4) is 0 Å². The lowest BCUT2D eigenvalue weighted by molar-refractivity contribution is -0.135. The molecule has 0 aromatic heterocycles. The topological polar surface area (TPSA) is 66.6 Å². The van der Waals surface area contributed by atoms with Gasteiger partial charge in [-0.15, -0.1) is 0 Å². The Balaban J connectivity index is 1.60. The van der Waals surface area contributed by atoms with E-state index in [-0.39, 0.29) is 11.8 Å². The minimum atomic E-state index is -0.658. The largest absolute Gasteiger partial charge is 0.338 e. The van der Waals surface area contributed by atoms with Crippen LogP contribution >= 0.6 is 0 Å². The fourth-order valence-corrected chi connectivity index (χ4v) is 2.58.